The van der Waals surface area contributed by atoms with E-state index in [0.29, 0.717) is 0 Å². The molecule has 1 saturated heterocycles. The van der Waals surface area contributed by atoms with Gasteiger partial charge in [-0.25, -0.2) is 0 Å². The third-order valence-electron chi connectivity index (χ3n) is 4.51. The van der Waals surface area contributed by atoms with Crippen LogP contribution in [0.25, 0.3) is 0 Å². The molecule has 1 aromatic heterocycles. The lowest BCUT2D eigenvalue weighted by atomic mass is 10.0. The number of aryl methyl sites for hydroxylation is 1. The first-order valence-electron chi connectivity index (χ1n) is 7.93. The third-order valence-corrected chi connectivity index (χ3v) is 5.81. The van der Waals surface area contributed by atoms with Gasteiger partial charge in [0.25, 0.3) is 5.91 Å². The lowest BCUT2D eigenvalue weighted by Gasteiger charge is -2.27. The maximum absolute atomic E-state index is 12.9. The second kappa shape index (κ2) is 6.17. The number of carbonyl (C=O) groups is 1. The summed E-state index contributed by atoms with van der Waals surface area (Å²) in [4.78, 5) is 16.4. The first-order chi connectivity index (χ1) is 9.81. The number of nitrogens with zero attached hydrogens (tertiary/aromatic N) is 1. The average molecular weight is 292 g/mol. The van der Waals surface area contributed by atoms with Gasteiger partial charge in [-0.15, -0.1) is 11.3 Å². The summed E-state index contributed by atoms with van der Waals surface area (Å²) in [6.07, 6.45) is 9.63. The van der Waals surface area contributed by atoms with Gasteiger partial charge >= 0.3 is 0 Å². The van der Waals surface area contributed by atoms with Crippen LogP contribution in [0, 0.1) is 0 Å². The summed E-state index contributed by atoms with van der Waals surface area (Å²) in [6.45, 7) is 1.87. The van der Waals surface area contributed by atoms with Crippen molar-refractivity contribution in [2.75, 3.05) is 25.5 Å². The number of rotatable bonds is 2. The van der Waals surface area contributed by atoms with E-state index in [1.165, 1.54) is 36.1 Å². The molecule has 110 valence electrons. The van der Waals surface area contributed by atoms with Gasteiger partial charge in [0.05, 0.1) is 5.56 Å². The number of nitrogens with one attached hydrogen (secondary N) is 1. The average Bonchev–Trinajstić information content (AvgIpc) is 2.69. The molecule has 1 N–H and O–H groups in total. The van der Waals surface area contributed by atoms with Crippen LogP contribution in [0.3, 0.4) is 0 Å². The van der Waals surface area contributed by atoms with Gasteiger partial charge in [0, 0.05) is 25.0 Å². The van der Waals surface area contributed by atoms with Gasteiger partial charge in [-0.3, -0.25) is 4.79 Å². The summed E-state index contributed by atoms with van der Waals surface area (Å²) in [5, 5.41) is 4.35. The highest BCUT2D eigenvalue weighted by atomic mass is 32.1. The highest BCUT2D eigenvalue weighted by Crippen LogP contribution is 2.38. The number of piperidine rings is 1. The maximum atomic E-state index is 12.9. The van der Waals surface area contributed by atoms with Gasteiger partial charge in [0.15, 0.2) is 0 Å². The van der Waals surface area contributed by atoms with Crippen molar-refractivity contribution in [1.29, 1.82) is 0 Å². The number of carbonyl (C=O) groups excluding carboxylic acids is 1. The van der Waals surface area contributed by atoms with E-state index in [9.17, 15) is 4.79 Å². The molecule has 1 fully saturated rings. The Morgan fingerprint density at radius 1 is 1.05 bits per heavy atom. The van der Waals surface area contributed by atoms with Crippen LogP contribution in [0.5, 0.6) is 0 Å². The SMILES string of the molecule is CNc1sc2c(c1C(=O)N1CCCCC1)CCCCC2. The molecule has 2 aliphatic rings. The molecule has 4 heteroatoms. The largest absolute Gasteiger partial charge is 0.379 e. The standard InChI is InChI=1S/C16H24N2OS/c1-17-15-14(16(19)18-10-6-3-7-11-18)12-8-4-2-5-9-13(12)20-15/h17H,2-11H2,1H3. The Kier molecular flexibility index (Phi) is 4.29. The number of thiophene rings is 1. The molecular weight excluding hydrogens is 268 g/mol. The van der Waals surface area contributed by atoms with E-state index < -0.39 is 0 Å². The van der Waals surface area contributed by atoms with Crippen molar-refractivity contribution >= 4 is 22.2 Å². The number of likely N-dealkylation sites (tertiary alicyclic amines) is 1. The molecule has 2 heterocycles. The van der Waals surface area contributed by atoms with Gasteiger partial charge < -0.3 is 10.2 Å². The topological polar surface area (TPSA) is 32.3 Å². The van der Waals surface area contributed by atoms with Gasteiger partial charge in [-0.1, -0.05) is 6.42 Å². The Bertz CT molecular complexity index is 489. The summed E-state index contributed by atoms with van der Waals surface area (Å²) in [5.41, 5.74) is 2.35. The highest BCUT2D eigenvalue weighted by Gasteiger charge is 2.28. The van der Waals surface area contributed by atoms with Gasteiger partial charge in [0.1, 0.15) is 5.00 Å². The van der Waals surface area contributed by atoms with E-state index in [-0.39, 0.29) is 5.91 Å². The summed E-state index contributed by atoms with van der Waals surface area (Å²) >= 11 is 1.81. The van der Waals surface area contributed by atoms with E-state index in [2.05, 4.69) is 10.2 Å². The lowest BCUT2D eigenvalue weighted by Crippen LogP contribution is -2.36. The van der Waals surface area contributed by atoms with E-state index >= 15 is 0 Å². The van der Waals surface area contributed by atoms with Crippen molar-refractivity contribution in [1.82, 2.24) is 4.90 Å². The first-order valence-corrected chi connectivity index (χ1v) is 8.74. The molecule has 1 amide bonds. The van der Waals surface area contributed by atoms with Crippen LogP contribution in [0.4, 0.5) is 5.00 Å². The van der Waals surface area contributed by atoms with Crippen LogP contribution in [-0.4, -0.2) is 30.9 Å². The molecule has 0 spiro atoms. The minimum Gasteiger partial charge on any atom is -0.379 e. The number of hydrogen-bond acceptors (Lipinski definition) is 3. The van der Waals surface area contributed by atoms with E-state index in [0.717, 1.165) is 49.3 Å². The quantitative estimate of drug-likeness (QED) is 0.843. The molecule has 20 heavy (non-hydrogen) atoms. The second-order valence-electron chi connectivity index (χ2n) is 5.87. The molecular formula is C16H24N2OS. The van der Waals surface area contributed by atoms with Crippen molar-refractivity contribution in [2.24, 2.45) is 0 Å². The fourth-order valence-electron chi connectivity index (χ4n) is 3.40. The van der Waals surface area contributed by atoms with Crippen LogP contribution >= 0.6 is 11.3 Å². The number of hydrogen-bond donors (Lipinski definition) is 1. The fourth-order valence-corrected chi connectivity index (χ4v) is 4.63. The van der Waals surface area contributed by atoms with Crippen LogP contribution in [-0.2, 0) is 12.8 Å². The molecule has 1 aromatic rings. The third kappa shape index (κ3) is 2.58. The molecule has 1 aliphatic carbocycles. The number of amides is 1. The Morgan fingerprint density at radius 3 is 2.50 bits per heavy atom. The Balaban J connectivity index is 1.94. The summed E-state index contributed by atoms with van der Waals surface area (Å²) in [5.74, 6) is 0.272. The molecule has 0 bridgehead atoms. The molecule has 0 aromatic carbocycles. The van der Waals surface area contributed by atoms with Crippen molar-refractivity contribution < 1.29 is 4.79 Å². The van der Waals surface area contributed by atoms with Crippen molar-refractivity contribution in [3.8, 4) is 0 Å². The Labute approximate surface area is 125 Å². The van der Waals surface area contributed by atoms with Crippen molar-refractivity contribution in [3.63, 3.8) is 0 Å². The molecule has 0 unspecified atom stereocenters. The summed E-state index contributed by atoms with van der Waals surface area (Å²) in [6, 6.07) is 0. The zero-order valence-corrected chi connectivity index (χ0v) is 13.2. The number of fused-ring (bicyclic) bond motifs is 1. The smallest absolute Gasteiger partial charge is 0.257 e. The monoisotopic (exact) mass is 292 g/mol. The van der Waals surface area contributed by atoms with E-state index in [4.69, 9.17) is 0 Å². The zero-order valence-electron chi connectivity index (χ0n) is 12.3. The van der Waals surface area contributed by atoms with E-state index in [1.807, 2.05) is 18.4 Å². The lowest BCUT2D eigenvalue weighted by molar-refractivity contribution is 0.0724. The predicted octanol–water partition coefficient (Wildman–Crippen LogP) is 3.68. The van der Waals surface area contributed by atoms with Crippen LogP contribution in [0.1, 0.15) is 59.3 Å². The maximum Gasteiger partial charge on any atom is 0.257 e. The normalized spacial score (nSPS) is 19.4. The number of anilines is 1. The van der Waals surface area contributed by atoms with Crippen molar-refractivity contribution in [3.05, 3.63) is 16.0 Å². The van der Waals surface area contributed by atoms with Gasteiger partial charge in [-0.05, 0) is 50.5 Å². The minimum atomic E-state index is 0.272. The molecule has 3 nitrogen and oxygen atoms in total. The molecule has 3 rings (SSSR count). The van der Waals surface area contributed by atoms with Crippen molar-refractivity contribution in [2.45, 2.75) is 51.4 Å². The predicted molar refractivity (Wildman–Crippen MR) is 84.9 cm³/mol. The van der Waals surface area contributed by atoms with Gasteiger partial charge in [-0.2, -0.15) is 0 Å². The summed E-state index contributed by atoms with van der Waals surface area (Å²) < 4.78 is 0. The van der Waals surface area contributed by atoms with Gasteiger partial charge in [0.2, 0.25) is 0 Å². The van der Waals surface area contributed by atoms with Crippen LogP contribution < -0.4 is 5.32 Å². The Morgan fingerprint density at radius 2 is 1.75 bits per heavy atom. The first kappa shape index (κ1) is 13.9. The minimum absolute atomic E-state index is 0.272. The van der Waals surface area contributed by atoms with E-state index in [1.54, 1.807) is 0 Å². The molecule has 0 atom stereocenters. The Hall–Kier alpha value is -1.03. The zero-order chi connectivity index (χ0) is 13.9. The van der Waals surface area contributed by atoms with Crippen LogP contribution in [0.2, 0.25) is 0 Å². The van der Waals surface area contributed by atoms with Crippen LogP contribution in [0.15, 0.2) is 0 Å². The molecule has 0 saturated carbocycles. The second-order valence-corrected chi connectivity index (χ2v) is 6.98. The molecule has 1 aliphatic heterocycles. The highest BCUT2D eigenvalue weighted by molar-refractivity contribution is 7.16. The molecule has 0 radical (unpaired) electrons. The summed E-state index contributed by atoms with van der Waals surface area (Å²) in [7, 11) is 1.94. The fraction of sp³-hybridized carbons (Fsp3) is 0.688.